The van der Waals surface area contributed by atoms with Crippen LogP contribution in [0.15, 0.2) is 35.3 Å². The Kier molecular flexibility index (Phi) is 3.65. The van der Waals surface area contributed by atoms with Crippen LogP contribution in [0.25, 0.3) is 0 Å². The van der Waals surface area contributed by atoms with E-state index in [2.05, 4.69) is 4.98 Å². The fraction of sp³-hybridized carbons (Fsp3) is 0.308. The van der Waals surface area contributed by atoms with Crippen LogP contribution in [0.4, 0.5) is 0 Å². The number of aromatic nitrogens is 1. The number of nitrogens with zero attached hydrogens (tertiary/aromatic N) is 1. The first-order valence-electron chi connectivity index (χ1n) is 5.52. The first-order chi connectivity index (χ1) is 8.29. The normalized spacial score (nSPS) is 10.4. The molecule has 0 bridgehead atoms. The second-order valence-electron chi connectivity index (χ2n) is 3.84. The SMILES string of the molecule is COc1cc(CCCc2cocn2)ccc1O. The Morgan fingerprint density at radius 2 is 2.24 bits per heavy atom. The van der Waals surface area contributed by atoms with Gasteiger partial charge in [-0.1, -0.05) is 6.07 Å². The highest BCUT2D eigenvalue weighted by Crippen LogP contribution is 2.26. The zero-order chi connectivity index (χ0) is 12.1. The predicted molar refractivity (Wildman–Crippen MR) is 63.2 cm³/mol. The minimum absolute atomic E-state index is 0.174. The van der Waals surface area contributed by atoms with Crippen molar-refractivity contribution in [2.75, 3.05) is 7.11 Å². The molecule has 0 amide bonds. The quantitative estimate of drug-likeness (QED) is 0.862. The second kappa shape index (κ2) is 5.39. The molecule has 17 heavy (non-hydrogen) atoms. The largest absolute Gasteiger partial charge is 0.504 e. The fourth-order valence-electron chi connectivity index (χ4n) is 1.71. The van der Waals surface area contributed by atoms with Crippen LogP contribution in [0.3, 0.4) is 0 Å². The summed E-state index contributed by atoms with van der Waals surface area (Å²) in [6.07, 6.45) is 5.90. The van der Waals surface area contributed by atoms with Crippen LogP contribution in [-0.2, 0) is 12.8 Å². The van der Waals surface area contributed by atoms with E-state index in [-0.39, 0.29) is 5.75 Å². The van der Waals surface area contributed by atoms with Gasteiger partial charge in [0.25, 0.3) is 0 Å². The number of methoxy groups -OCH3 is 1. The molecule has 4 nitrogen and oxygen atoms in total. The number of hydrogen-bond acceptors (Lipinski definition) is 4. The molecule has 0 spiro atoms. The van der Waals surface area contributed by atoms with Crippen LogP contribution >= 0.6 is 0 Å². The Bertz CT molecular complexity index is 466. The number of phenols is 1. The third-order valence-electron chi connectivity index (χ3n) is 2.63. The Balaban J connectivity index is 1.90. The van der Waals surface area contributed by atoms with E-state index in [0.717, 1.165) is 30.5 Å². The molecule has 0 aliphatic carbocycles. The predicted octanol–water partition coefficient (Wildman–Crippen LogP) is 2.56. The summed E-state index contributed by atoms with van der Waals surface area (Å²) in [4.78, 5) is 4.06. The van der Waals surface area contributed by atoms with E-state index in [9.17, 15) is 5.11 Å². The van der Waals surface area contributed by atoms with E-state index in [4.69, 9.17) is 9.15 Å². The van der Waals surface area contributed by atoms with Crippen molar-refractivity contribution >= 4 is 0 Å². The fourth-order valence-corrected chi connectivity index (χ4v) is 1.71. The molecular weight excluding hydrogens is 218 g/mol. The molecule has 2 aromatic rings. The molecule has 0 fully saturated rings. The van der Waals surface area contributed by atoms with Crippen molar-refractivity contribution in [1.82, 2.24) is 4.98 Å². The van der Waals surface area contributed by atoms with Crippen LogP contribution in [0.2, 0.25) is 0 Å². The number of hydrogen-bond donors (Lipinski definition) is 1. The summed E-state index contributed by atoms with van der Waals surface area (Å²) >= 11 is 0. The van der Waals surface area contributed by atoms with Crippen LogP contribution in [0, 0.1) is 0 Å². The van der Waals surface area contributed by atoms with Gasteiger partial charge >= 0.3 is 0 Å². The van der Waals surface area contributed by atoms with E-state index in [1.807, 2.05) is 12.1 Å². The lowest BCUT2D eigenvalue weighted by Gasteiger charge is -2.06. The molecule has 1 N–H and O–H groups in total. The lowest BCUT2D eigenvalue weighted by Crippen LogP contribution is -1.92. The minimum Gasteiger partial charge on any atom is -0.504 e. The van der Waals surface area contributed by atoms with E-state index >= 15 is 0 Å². The molecule has 1 heterocycles. The number of oxazole rings is 1. The van der Waals surface area contributed by atoms with Crippen molar-refractivity contribution in [1.29, 1.82) is 0 Å². The Morgan fingerprint density at radius 1 is 1.35 bits per heavy atom. The maximum absolute atomic E-state index is 9.46. The summed E-state index contributed by atoms with van der Waals surface area (Å²) in [7, 11) is 1.55. The van der Waals surface area contributed by atoms with Gasteiger partial charge in [-0.05, 0) is 37.0 Å². The Hall–Kier alpha value is -1.97. The van der Waals surface area contributed by atoms with Crippen molar-refractivity contribution in [2.24, 2.45) is 0 Å². The molecule has 4 heteroatoms. The van der Waals surface area contributed by atoms with Gasteiger partial charge in [-0.25, -0.2) is 4.98 Å². The summed E-state index contributed by atoms with van der Waals surface area (Å²) in [5.41, 5.74) is 2.11. The van der Waals surface area contributed by atoms with Gasteiger partial charge in [0, 0.05) is 0 Å². The van der Waals surface area contributed by atoms with Gasteiger partial charge in [0.05, 0.1) is 12.8 Å². The van der Waals surface area contributed by atoms with E-state index in [1.165, 1.54) is 6.39 Å². The van der Waals surface area contributed by atoms with Gasteiger partial charge in [-0.2, -0.15) is 0 Å². The van der Waals surface area contributed by atoms with Gasteiger partial charge in [-0.15, -0.1) is 0 Å². The van der Waals surface area contributed by atoms with E-state index in [0.29, 0.717) is 5.75 Å². The highest BCUT2D eigenvalue weighted by Gasteiger charge is 2.03. The van der Waals surface area contributed by atoms with Crippen molar-refractivity contribution < 1.29 is 14.3 Å². The maximum Gasteiger partial charge on any atom is 0.180 e. The van der Waals surface area contributed by atoms with Crippen molar-refractivity contribution in [3.8, 4) is 11.5 Å². The number of aromatic hydroxyl groups is 1. The summed E-state index contributed by atoms with van der Waals surface area (Å²) in [5, 5.41) is 9.46. The lowest BCUT2D eigenvalue weighted by molar-refractivity contribution is 0.373. The zero-order valence-corrected chi connectivity index (χ0v) is 9.72. The number of benzene rings is 1. The smallest absolute Gasteiger partial charge is 0.180 e. The van der Waals surface area contributed by atoms with Crippen LogP contribution in [-0.4, -0.2) is 17.2 Å². The van der Waals surface area contributed by atoms with Crippen molar-refractivity contribution in [2.45, 2.75) is 19.3 Å². The molecule has 0 aliphatic heterocycles. The molecule has 0 atom stereocenters. The van der Waals surface area contributed by atoms with Gasteiger partial charge in [-0.3, -0.25) is 0 Å². The molecule has 0 unspecified atom stereocenters. The number of phenolic OH excluding ortho intramolecular Hbond substituents is 1. The number of aryl methyl sites for hydroxylation is 2. The van der Waals surface area contributed by atoms with Gasteiger partial charge in [0.1, 0.15) is 6.26 Å². The number of ether oxygens (including phenoxy) is 1. The molecule has 0 saturated heterocycles. The van der Waals surface area contributed by atoms with Crippen molar-refractivity contribution in [3.63, 3.8) is 0 Å². The summed E-state index contributed by atoms with van der Waals surface area (Å²) in [5.74, 6) is 0.691. The first kappa shape index (κ1) is 11.5. The van der Waals surface area contributed by atoms with Crippen molar-refractivity contribution in [3.05, 3.63) is 42.1 Å². The molecule has 2 rings (SSSR count). The molecule has 90 valence electrons. The average molecular weight is 233 g/mol. The third-order valence-corrected chi connectivity index (χ3v) is 2.63. The highest BCUT2D eigenvalue weighted by atomic mass is 16.5. The van der Waals surface area contributed by atoms with Crippen LogP contribution < -0.4 is 4.74 Å². The molecule has 1 aromatic heterocycles. The standard InChI is InChI=1S/C13H15NO3/c1-16-13-7-10(5-6-12(13)15)3-2-4-11-8-17-9-14-11/h5-9,15H,2-4H2,1H3. The zero-order valence-electron chi connectivity index (χ0n) is 9.72. The van der Waals surface area contributed by atoms with Gasteiger partial charge < -0.3 is 14.3 Å². The molecule has 0 saturated carbocycles. The Labute approximate surface area is 99.9 Å². The highest BCUT2D eigenvalue weighted by molar-refractivity contribution is 5.41. The van der Waals surface area contributed by atoms with E-state index < -0.39 is 0 Å². The number of rotatable bonds is 5. The minimum atomic E-state index is 0.174. The molecular formula is C13H15NO3. The Morgan fingerprint density at radius 3 is 2.94 bits per heavy atom. The summed E-state index contributed by atoms with van der Waals surface area (Å²) in [6, 6.07) is 5.42. The molecule has 0 aliphatic rings. The van der Waals surface area contributed by atoms with Crippen LogP contribution in [0.5, 0.6) is 11.5 Å². The van der Waals surface area contributed by atoms with Crippen LogP contribution in [0.1, 0.15) is 17.7 Å². The lowest BCUT2D eigenvalue weighted by atomic mass is 10.1. The van der Waals surface area contributed by atoms with Gasteiger partial charge in [0.2, 0.25) is 0 Å². The third kappa shape index (κ3) is 3.00. The first-order valence-corrected chi connectivity index (χ1v) is 5.52. The second-order valence-corrected chi connectivity index (χ2v) is 3.84. The summed E-state index contributed by atoms with van der Waals surface area (Å²) in [6.45, 7) is 0. The van der Waals surface area contributed by atoms with E-state index in [1.54, 1.807) is 19.4 Å². The summed E-state index contributed by atoms with van der Waals surface area (Å²) < 4.78 is 9.97. The monoisotopic (exact) mass is 233 g/mol. The average Bonchev–Trinajstić information content (AvgIpc) is 2.84. The topological polar surface area (TPSA) is 55.5 Å². The maximum atomic E-state index is 9.46. The van der Waals surface area contributed by atoms with Gasteiger partial charge in [0.15, 0.2) is 17.9 Å². The molecule has 1 aromatic carbocycles. The molecule has 0 radical (unpaired) electrons.